The molecule has 0 radical (unpaired) electrons. The van der Waals surface area contributed by atoms with Gasteiger partial charge in [0, 0.05) is 52.6 Å². The third-order valence-electron chi connectivity index (χ3n) is 6.22. The molecule has 0 aliphatic carbocycles. The normalized spacial score (nSPS) is 16.1. The van der Waals surface area contributed by atoms with Crippen LogP contribution in [0.25, 0.3) is 0 Å². The molecule has 2 N–H and O–H groups in total. The highest BCUT2D eigenvalue weighted by atomic mass is 16.5. The van der Waals surface area contributed by atoms with Crippen molar-refractivity contribution in [3.63, 3.8) is 0 Å². The van der Waals surface area contributed by atoms with Gasteiger partial charge < -0.3 is 34.3 Å². The molecule has 2 aliphatic heterocycles. The monoisotopic (exact) mass is 499 g/mol. The molecule has 0 aromatic carbocycles. The number of amides is 3. The first kappa shape index (κ1) is 25.5. The Hall–Kier alpha value is -3.60. The van der Waals surface area contributed by atoms with Crippen molar-refractivity contribution in [1.82, 2.24) is 14.8 Å². The van der Waals surface area contributed by atoms with Crippen LogP contribution in [0.15, 0.2) is 22.8 Å². The SMILES string of the molecule is CCOc1nc(N2CCN(C(C)=O)CC2)ccc1NC(=O)c1coc2c1C(=O)N(CC(C)(C)O)CC2. The van der Waals surface area contributed by atoms with Crippen LogP contribution < -0.4 is 15.0 Å². The number of hydrogen-bond donors (Lipinski definition) is 2. The zero-order valence-electron chi connectivity index (χ0n) is 21.2. The fourth-order valence-corrected chi connectivity index (χ4v) is 4.49. The zero-order valence-corrected chi connectivity index (χ0v) is 21.2. The maximum absolute atomic E-state index is 13.2. The van der Waals surface area contributed by atoms with Crippen LogP contribution in [0.5, 0.6) is 5.88 Å². The molecule has 0 atom stereocenters. The lowest BCUT2D eigenvalue weighted by Gasteiger charge is -2.35. The molecule has 2 aliphatic rings. The van der Waals surface area contributed by atoms with Gasteiger partial charge in [0.2, 0.25) is 11.8 Å². The summed E-state index contributed by atoms with van der Waals surface area (Å²) in [4.78, 5) is 47.9. The Morgan fingerprint density at radius 1 is 1.19 bits per heavy atom. The van der Waals surface area contributed by atoms with E-state index < -0.39 is 11.5 Å². The number of ether oxygens (including phenoxy) is 1. The van der Waals surface area contributed by atoms with Crippen molar-refractivity contribution in [2.75, 3.05) is 56.1 Å². The lowest BCUT2D eigenvalue weighted by Crippen LogP contribution is -2.48. The Kier molecular flexibility index (Phi) is 7.21. The van der Waals surface area contributed by atoms with Crippen LogP contribution in [-0.4, -0.2) is 89.1 Å². The number of pyridine rings is 1. The third-order valence-corrected chi connectivity index (χ3v) is 6.22. The molecule has 36 heavy (non-hydrogen) atoms. The van der Waals surface area contributed by atoms with Gasteiger partial charge >= 0.3 is 0 Å². The van der Waals surface area contributed by atoms with Crippen molar-refractivity contribution >= 4 is 29.2 Å². The zero-order chi connectivity index (χ0) is 26.0. The van der Waals surface area contributed by atoms with Gasteiger partial charge in [-0.25, -0.2) is 0 Å². The summed E-state index contributed by atoms with van der Waals surface area (Å²) < 4.78 is 11.3. The number of hydrogen-bond acceptors (Lipinski definition) is 8. The van der Waals surface area contributed by atoms with Gasteiger partial charge in [0.1, 0.15) is 23.5 Å². The second-order valence-electron chi connectivity index (χ2n) is 9.64. The molecule has 4 heterocycles. The van der Waals surface area contributed by atoms with Gasteiger partial charge in [-0.05, 0) is 32.9 Å². The summed E-state index contributed by atoms with van der Waals surface area (Å²) in [5.74, 6) is 0.617. The highest BCUT2D eigenvalue weighted by molar-refractivity contribution is 6.13. The summed E-state index contributed by atoms with van der Waals surface area (Å²) in [6.45, 7) is 10.1. The summed E-state index contributed by atoms with van der Waals surface area (Å²) in [5, 5.41) is 13.0. The van der Waals surface area contributed by atoms with Gasteiger partial charge in [-0.3, -0.25) is 14.4 Å². The second-order valence-corrected chi connectivity index (χ2v) is 9.64. The fraction of sp³-hybridized carbons (Fsp3) is 0.520. The molecule has 4 rings (SSSR count). The molecule has 11 heteroatoms. The number of carbonyl (C=O) groups is 3. The van der Waals surface area contributed by atoms with Crippen LogP contribution >= 0.6 is 0 Å². The van der Waals surface area contributed by atoms with Gasteiger partial charge in [0.25, 0.3) is 11.8 Å². The number of rotatable bonds is 7. The quantitative estimate of drug-likeness (QED) is 0.590. The van der Waals surface area contributed by atoms with E-state index in [9.17, 15) is 19.5 Å². The predicted octanol–water partition coefficient (Wildman–Crippen LogP) is 1.76. The number of β-amino-alcohol motifs (C(OH)–C–C–N with tert-alkyl or cyclic N) is 1. The van der Waals surface area contributed by atoms with Crippen LogP contribution in [-0.2, 0) is 11.2 Å². The summed E-state index contributed by atoms with van der Waals surface area (Å²) in [5.41, 5.74) is -0.339. The van der Waals surface area contributed by atoms with Gasteiger partial charge in [0.15, 0.2) is 0 Å². The molecule has 3 amide bonds. The van der Waals surface area contributed by atoms with E-state index in [1.165, 1.54) is 11.2 Å². The van der Waals surface area contributed by atoms with E-state index in [1.54, 1.807) is 37.8 Å². The number of aromatic nitrogens is 1. The summed E-state index contributed by atoms with van der Waals surface area (Å²) in [6.07, 6.45) is 1.75. The average Bonchev–Trinajstić information content (AvgIpc) is 3.26. The van der Waals surface area contributed by atoms with Crippen LogP contribution in [0, 0.1) is 0 Å². The van der Waals surface area contributed by atoms with Crippen LogP contribution in [0.3, 0.4) is 0 Å². The lowest BCUT2D eigenvalue weighted by molar-refractivity contribution is -0.129. The first-order valence-corrected chi connectivity index (χ1v) is 12.1. The molecule has 1 fully saturated rings. The van der Waals surface area contributed by atoms with E-state index in [1.807, 2.05) is 6.92 Å². The molecular formula is C25H33N5O6. The highest BCUT2D eigenvalue weighted by Crippen LogP contribution is 2.30. The first-order valence-electron chi connectivity index (χ1n) is 12.1. The molecule has 0 spiro atoms. The van der Waals surface area contributed by atoms with Crippen LogP contribution in [0.4, 0.5) is 11.5 Å². The highest BCUT2D eigenvalue weighted by Gasteiger charge is 2.35. The smallest absolute Gasteiger partial charge is 0.259 e. The van der Waals surface area contributed by atoms with E-state index in [2.05, 4.69) is 15.2 Å². The Bertz CT molecular complexity index is 1150. The third kappa shape index (κ3) is 5.46. The number of nitrogens with one attached hydrogen (secondary N) is 1. The standard InChI is InChI=1S/C25H33N5O6/c1-5-35-23-18(6-7-20(27-23)29-12-10-28(11-13-29)16(2)31)26-22(32)17-14-36-19-8-9-30(15-25(3,4)34)24(33)21(17)19/h6-7,14,34H,5,8-13,15H2,1-4H3,(H,26,32). The molecule has 2 aromatic rings. The Morgan fingerprint density at radius 3 is 2.56 bits per heavy atom. The van der Waals surface area contributed by atoms with E-state index in [0.717, 1.165) is 0 Å². The molecule has 2 aromatic heterocycles. The topological polar surface area (TPSA) is 128 Å². The van der Waals surface area contributed by atoms with E-state index in [-0.39, 0.29) is 35.4 Å². The van der Waals surface area contributed by atoms with Gasteiger partial charge in [0.05, 0.1) is 23.3 Å². The minimum Gasteiger partial charge on any atom is -0.476 e. The second kappa shape index (κ2) is 10.2. The lowest BCUT2D eigenvalue weighted by atomic mass is 10.0. The van der Waals surface area contributed by atoms with Gasteiger partial charge in [-0.15, -0.1) is 0 Å². The number of furan rings is 1. The summed E-state index contributed by atoms with van der Waals surface area (Å²) in [7, 11) is 0. The van der Waals surface area contributed by atoms with Crippen molar-refractivity contribution in [3.8, 4) is 5.88 Å². The van der Waals surface area contributed by atoms with Crippen molar-refractivity contribution in [1.29, 1.82) is 0 Å². The Morgan fingerprint density at radius 2 is 1.92 bits per heavy atom. The number of nitrogens with zero attached hydrogens (tertiary/aromatic N) is 4. The molecule has 1 saturated heterocycles. The molecule has 194 valence electrons. The van der Waals surface area contributed by atoms with E-state index in [0.29, 0.717) is 63.0 Å². The number of carbonyl (C=O) groups excluding carboxylic acids is 3. The Labute approximate surface area is 210 Å². The molecule has 0 unspecified atom stereocenters. The van der Waals surface area contributed by atoms with E-state index in [4.69, 9.17) is 9.15 Å². The molecule has 0 saturated carbocycles. The van der Waals surface area contributed by atoms with Crippen molar-refractivity contribution < 1.29 is 28.6 Å². The average molecular weight is 500 g/mol. The minimum atomic E-state index is -1.06. The number of fused-ring (bicyclic) bond motifs is 1. The number of piperazine rings is 1. The number of aliphatic hydroxyl groups is 1. The molecular weight excluding hydrogens is 466 g/mol. The predicted molar refractivity (Wildman–Crippen MR) is 132 cm³/mol. The minimum absolute atomic E-state index is 0.0544. The summed E-state index contributed by atoms with van der Waals surface area (Å²) >= 11 is 0. The van der Waals surface area contributed by atoms with Crippen LogP contribution in [0.1, 0.15) is 54.2 Å². The number of anilines is 2. The van der Waals surface area contributed by atoms with Crippen LogP contribution in [0.2, 0.25) is 0 Å². The first-order chi connectivity index (χ1) is 17.1. The fourth-order valence-electron chi connectivity index (χ4n) is 4.49. The van der Waals surface area contributed by atoms with Crippen molar-refractivity contribution in [3.05, 3.63) is 35.3 Å². The Balaban J connectivity index is 1.52. The van der Waals surface area contributed by atoms with Gasteiger partial charge in [-0.1, -0.05) is 0 Å². The maximum atomic E-state index is 13.2. The van der Waals surface area contributed by atoms with E-state index >= 15 is 0 Å². The van der Waals surface area contributed by atoms with Gasteiger partial charge in [-0.2, -0.15) is 4.98 Å². The largest absolute Gasteiger partial charge is 0.476 e. The van der Waals surface area contributed by atoms with Crippen molar-refractivity contribution in [2.24, 2.45) is 0 Å². The maximum Gasteiger partial charge on any atom is 0.259 e. The van der Waals surface area contributed by atoms with Crippen molar-refractivity contribution in [2.45, 2.75) is 39.7 Å². The summed E-state index contributed by atoms with van der Waals surface area (Å²) in [6, 6.07) is 3.51. The molecule has 11 nitrogen and oxygen atoms in total. The molecule has 0 bridgehead atoms.